The molecule has 0 aromatic rings. The molecule has 0 aliphatic carbocycles. The van der Waals surface area contributed by atoms with Crippen molar-refractivity contribution >= 4 is 11.9 Å². The Hall–Kier alpha value is -0.581. The minimum atomic E-state index is -1.15. The van der Waals surface area contributed by atoms with Crippen LogP contribution >= 0.6 is 0 Å². The molecule has 0 amide bonds. The number of ether oxygens (including phenoxy) is 1. The maximum atomic E-state index is 10.5. The first kappa shape index (κ1) is 14.9. The Morgan fingerprint density at radius 1 is 1.38 bits per heavy atom. The summed E-state index contributed by atoms with van der Waals surface area (Å²) >= 11 is 0. The molecular weight excluding hydrogens is 220 g/mol. The Labute approximate surface area is 86.5 Å². The molecule has 0 aromatic heterocycles. The van der Waals surface area contributed by atoms with E-state index in [-0.39, 0.29) is 17.1 Å². The standard InChI is InChI=1S/C7H12O5.Fe/c1-4(12-2)5(7(10)11)3-6(8)9;/h4-5H,3H2,1-2H3,(H,8,9)(H,10,11);/q;+2. The largest absolute Gasteiger partial charge is 2.00 e. The number of methoxy groups -OCH3 is 1. The molecule has 2 unspecified atom stereocenters. The van der Waals surface area contributed by atoms with Gasteiger partial charge >= 0.3 is 29.0 Å². The van der Waals surface area contributed by atoms with Crippen LogP contribution in [0.3, 0.4) is 0 Å². The molecule has 76 valence electrons. The molecule has 0 heterocycles. The van der Waals surface area contributed by atoms with E-state index in [2.05, 4.69) is 0 Å². The molecule has 6 heteroatoms. The molecule has 0 radical (unpaired) electrons. The van der Waals surface area contributed by atoms with E-state index < -0.39 is 30.4 Å². The van der Waals surface area contributed by atoms with E-state index in [0.29, 0.717) is 0 Å². The SMILES string of the molecule is COC(C)C(CC(=O)O)C(=O)O.[Fe+2]. The van der Waals surface area contributed by atoms with Crippen molar-refractivity contribution in [2.24, 2.45) is 5.92 Å². The summed E-state index contributed by atoms with van der Waals surface area (Å²) in [5, 5.41) is 16.9. The Morgan fingerprint density at radius 3 is 2.08 bits per heavy atom. The monoisotopic (exact) mass is 232 g/mol. The summed E-state index contributed by atoms with van der Waals surface area (Å²) in [7, 11) is 1.35. The second-order valence-electron chi connectivity index (χ2n) is 2.48. The molecule has 0 saturated heterocycles. The Balaban J connectivity index is 0. The van der Waals surface area contributed by atoms with Gasteiger partial charge in [-0.1, -0.05) is 0 Å². The molecule has 0 rings (SSSR count). The second-order valence-corrected chi connectivity index (χ2v) is 2.48. The predicted octanol–water partition coefficient (Wildman–Crippen LogP) is 0.194. The van der Waals surface area contributed by atoms with Gasteiger partial charge in [-0.2, -0.15) is 0 Å². The van der Waals surface area contributed by atoms with E-state index in [1.807, 2.05) is 0 Å². The predicted molar refractivity (Wildman–Crippen MR) is 39.8 cm³/mol. The summed E-state index contributed by atoms with van der Waals surface area (Å²) in [5.41, 5.74) is 0. The number of aliphatic carboxylic acids is 2. The average molecular weight is 232 g/mol. The third-order valence-electron chi connectivity index (χ3n) is 1.65. The van der Waals surface area contributed by atoms with Crippen LogP contribution in [0.4, 0.5) is 0 Å². The van der Waals surface area contributed by atoms with E-state index in [1.165, 1.54) is 14.0 Å². The fraction of sp³-hybridized carbons (Fsp3) is 0.714. The molecule has 13 heavy (non-hydrogen) atoms. The molecule has 5 nitrogen and oxygen atoms in total. The molecule has 0 aromatic carbocycles. The van der Waals surface area contributed by atoms with E-state index in [9.17, 15) is 9.59 Å². The van der Waals surface area contributed by atoms with Crippen molar-refractivity contribution in [2.75, 3.05) is 7.11 Å². The van der Waals surface area contributed by atoms with Gasteiger partial charge in [0.25, 0.3) is 0 Å². The Bertz CT molecular complexity index is 182. The zero-order chi connectivity index (χ0) is 9.72. The fourth-order valence-corrected chi connectivity index (χ4v) is 0.806. The summed E-state index contributed by atoms with van der Waals surface area (Å²) in [6.45, 7) is 1.53. The number of hydrogen-bond donors (Lipinski definition) is 2. The molecule has 0 aliphatic rings. The van der Waals surface area contributed by atoms with Crippen LogP contribution in [0.15, 0.2) is 0 Å². The molecule has 0 aliphatic heterocycles. The molecule has 0 bridgehead atoms. The molecule has 0 fully saturated rings. The van der Waals surface area contributed by atoms with Crippen LogP contribution in [-0.4, -0.2) is 35.4 Å². The van der Waals surface area contributed by atoms with Crippen molar-refractivity contribution in [2.45, 2.75) is 19.4 Å². The summed E-state index contributed by atoms with van der Waals surface area (Å²) in [6, 6.07) is 0. The first-order chi connectivity index (χ1) is 5.49. The first-order valence-corrected chi connectivity index (χ1v) is 3.46. The fourth-order valence-electron chi connectivity index (χ4n) is 0.806. The van der Waals surface area contributed by atoms with Crippen molar-refractivity contribution in [3.05, 3.63) is 0 Å². The van der Waals surface area contributed by atoms with E-state index in [1.54, 1.807) is 0 Å². The van der Waals surface area contributed by atoms with Crippen LogP contribution in [0.5, 0.6) is 0 Å². The maximum absolute atomic E-state index is 10.5. The molecular formula is C7H12FeO5+2. The van der Waals surface area contributed by atoms with Crippen LogP contribution in [0.1, 0.15) is 13.3 Å². The van der Waals surface area contributed by atoms with Crippen LogP contribution in [0.25, 0.3) is 0 Å². The number of carboxylic acid groups (broad SMARTS) is 2. The molecule has 2 N–H and O–H groups in total. The average Bonchev–Trinajstić information content (AvgIpc) is 1.98. The molecule has 0 spiro atoms. The van der Waals surface area contributed by atoms with Gasteiger partial charge in [0, 0.05) is 7.11 Å². The minimum Gasteiger partial charge on any atom is -0.481 e. The van der Waals surface area contributed by atoms with Crippen molar-refractivity contribution in [3.8, 4) is 0 Å². The number of hydrogen-bond acceptors (Lipinski definition) is 3. The number of rotatable bonds is 5. The van der Waals surface area contributed by atoms with Gasteiger partial charge in [-0.25, -0.2) is 0 Å². The van der Waals surface area contributed by atoms with Crippen LogP contribution in [0, 0.1) is 5.92 Å². The summed E-state index contributed by atoms with van der Waals surface area (Å²) in [5.74, 6) is -3.26. The third-order valence-corrected chi connectivity index (χ3v) is 1.65. The van der Waals surface area contributed by atoms with Gasteiger partial charge in [0.2, 0.25) is 0 Å². The van der Waals surface area contributed by atoms with Crippen molar-refractivity contribution in [3.63, 3.8) is 0 Å². The first-order valence-electron chi connectivity index (χ1n) is 3.46. The molecule has 0 saturated carbocycles. The quantitative estimate of drug-likeness (QED) is 0.661. The van der Waals surface area contributed by atoms with Gasteiger partial charge in [-0.15, -0.1) is 0 Å². The summed E-state index contributed by atoms with van der Waals surface area (Å²) < 4.78 is 4.73. The normalized spacial score (nSPS) is 14.0. The summed E-state index contributed by atoms with van der Waals surface area (Å²) in [6.07, 6.45) is -0.997. The van der Waals surface area contributed by atoms with Gasteiger partial charge in [0.05, 0.1) is 18.4 Å². The minimum absolute atomic E-state index is 0. The Kier molecular flexibility index (Phi) is 7.90. The van der Waals surface area contributed by atoms with Gasteiger partial charge in [-0.05, 0) is 6.92 Å². The van der Waals surface area contributed by atoms with Crippen molar-refractivity contribution in [1.82, 2.24) is 0 Å². The van der Waals surface area contributed by atoms with Crippen LogP contribution in [0.2, 0.25) is 0 Å². The van der Waals surface area contributed by atoms with Gasteiger partial charge in [-0.3, -0.25) is 9.59 Å². The zero-order valence-corrected chi connectivity index (χ0v) is 8.44. The third kappa shape index (κ3) is 5.63. The summed E-state index contributed by atoms with van der Waals surface area (Å²) in [4.78, 5) is 20.7. The molecule has 2 atom stereocenters. The second kappa shape index (κ2) is 6.88. The Morgan fingerprint density at radius 2 is 1.85 bits per heavy atom. The zero-order valence-electron chi connectivity index (χ0n) is 7.33. The van der Waals surface area contributed by atoms with Crippen molar-refractivity contribution < 1.29 is 41.6 Å². The van der Waals surface area contributed by atoms with Gasteiger partial charge < -0.3 is 14.9 Å². The van der Waals surface area contributed by atoms with Gasteiger partial charge in [0.1, 0.15) is 0 Å². The maximum Gasteiger partial charge on any atom is 2.00 e. The smallest absolute Gasteiger partial charge is 0.481 e. The number of carbonyl (C=O) groups is 2. The van der Waals surface area contributed by atoms with Crippen molar-refractivity contribution in [1.29, 1.82) is 0 Å². The number of carboxylic acids is 2. The van der Waals surface area contributed by atoms with E-state index >= 15 is 0 Å². The van der Waals surface area contributed by atoms with E-state index in [0.717, 1.165) is 0 Å². The van der Waals surface area contributed by atoms with Crippen LogP contribution in [-0.2, 0) is 31.4 Å². The van der Waals surface area contributed by atoms with Gasteiger partial charge in [0.15, 0.2) is 0 Å². The van der Waals surface area contributed by atoms with E-state index in [4.69, 9.17) is 14.9 Å². The van der Waals surface area contributed by atoms with Crippen LogP contribution < -0.4 is 0 Å². The topological polar surface area (TPSA) is 83.8 Å².